The first-order valence-electron chi connectivity index (χ1n) is 5.26. The average molecular weight is 277 g/mol. The summed E-state index contributed by atoms with van der Waals surface area (Å²) >= 11 is 11.3. The molecule has 1 amide bonds. The van der Waals surface area contributed by atoms with E-state index < -0.39 is 5.82 Å². The topological polar surface area (TPSA) is 41.1 Å². The van der Waals surface area contributed by atoms with E-state index in [4.69, 9.17) is 23.2 Å². The van der Waals surface area contributed by atoms with Gasteiger partial charge < -0.3 is 10.6 Å². The Balaban J connectivity index is 2.10. The molecule has 1 unspecified atom stereocenters. The van der Waals surface area contributed by atoms with Crippen molar-refractivity contribution in [2.45, 2.75) is 18.9 Å². The van der Waals surface area contributed by atoms with E-state index in [0.29, 0.717) is 5.69 Å². The summed E-state index contributed by atoms with van der Waals surface area (Å²) in [7, 11) is 0. The summed E-state index contributed by atoms with van der Waals surface area (Å²) in [6.45, 7) is 0.836. The van der Waals surface area contributed by atoms with E-state index in [1.807, 2.05) is 0 Å². The van der Waals surface area contributed by atoms with Crippen LogP contribution in [0.15, 0.2) is 12.1 Å². The molecule has 0 radical (unpaired) electrons. The maximum absolute atomic E-state index is 13.2. The highest BCUT2D eigenvalue weighted by Gasteiger charge is 2.22. The van der Waals surface area contributed by atoms with Gasteiger partial charge in [-0.25, -0.2) is 4.39 Å². The Morgan fingerprint density at radius 1 is 1.41 bits per heavy atom. The molecule has 0 saturated carbocycles. The van der Waals surface area contributed by atoms with Gasteiger partial charge in [0.05, 0.1) is 16.1 Å². The molecule has 1 aromatic carbocycles. The molecule has 92 valence electrons. The number of hydrogen-bond acceptors (Lipinski definition) is 2. The van der Waals surface area contributed by atoms with Crippen molar-refractivity contribution < 1.29 is 9.18 Å². The SMILES string of the molecule is O=C(Nc1cc(Cl)c(F)c(Cl)c1)C1CCCN1. The molecule has 0 aliphatic carbocycles. The lowest BCUT2D eigenvalue weighted by atomic mass is 10.2. The van der Waals surface area contributed by atoms with E-state index in [1.165, 1.54) is 12.1 Å². The van der Waals surface area contributed by atoms with Gasteiger partial charge >= 0.3 is 0 Å². The Hall–Kier alpha value is -0.840. The quantitative estimate of drug-likeness (QED) is 0.816. The number of rotatable bonds is 2. The molecule has 6 heteroatoms. The Morgan fingerprint density at radius 3 is 2.59 bits per heavy atom. The molecular formula is C11H11Cl2FN2O. The number of anilines is 1. The minimum Gasteiger partial charge on any atom is -0.325 e. The van der Waals surface area contributed by atoms with Crippen LogP contribution in [0.1, 0.15) is 12.8 Å². The molecule has 0 aromatic heterocycles. The largest absolute Gasteiger partial charge is 0.325 e. The first-order valence-corrected chi connectivity index (χ1v) is 6.02. The van der Waals surface area contributed by atoms with Crippen LogP contribution in [-0.4, -0.2) is 18.5 Å². The maximum atomic E-state index is 13.2. The van der Waals surface area contributed by atoms with Crippen molar-refractivity contribution in [2.24, 2.45) is 0 Å². The molecule has 2 N–H and O–H groups in total. The number of amides is 1. The number of benzene rings is 1. The van der Waals surface area contributed by atoms with E-state index in [1.54, 1.807) is 0 Å². The fourth-order valence-corrected chi connectivity index (χ4v) is 2.25. The second kappa shape index (κ2) is 5.21. The van der Waals surface area contributed by atoms with Crippen molar-refractivity contribution in [3.8, 4) is 0 Å². The van der Waals surface area contributed by atoms with Crippen molar-refractivity contribution >= 4 is 34.8 Å². The Labute approximate surface area is 108 Å². The zero-order valence-corrected chi connectivity index (χ0v) is 10.4. The minimum atomic E-state index is -0.676. The van der Waals surface area contributed by atoms with E-state index in [0.717, 1.165) is 19.4 Å². The fraction of sp³-hybridized carbons (Fsp3) is 0.364. The monoisotopic (exact) mass is 276 g/mol. The molecule has 1 aromatic rings. The van der Waals surface area contributed by atoms with Crippen molar-refractivity contribution in [1.29, 1.82) is 0 Å². The summed E-state index contributed by atoms with van der Waals surface area (Å²) in [6, 6.07) is 2.49. The van der Waals surface area contributed by atoms with E-state index in [-0.39, 0.29) is 22.0 Å². The summed E-state index contributed by atoms with van der Waals surface area (Å²) in [5, 5.41) is 5.51. The molecule has 17 heavy (non-hydrogen) atoms. The summed E-state index contributed by atoms with van der Waals surface area (Å²) < 4.78 is 13.2. The average Bonchev–Trinajstić information content (AvgIpc) is 2.79. The third-order valence-corrected chi connectivity index (χ3v) is 3.18. The third kappa shape index (κ3) is 2.89. The summed E-state index contributed by atoms with van der Waals surface area (Å²) in [5.41, 5.74) is 0.403. The van der Waals surface area contributed by atoms with Gasteiger partial charge in [-0.3, -0.25) is 4.79 Å². The predicted octanol–water partition coefficient (Wildman–Crippen LogP) is 2.82. The highest BCUT2D eigenvalue weighted by atomic mass is 35.5. The van der Waals surface area contributed by atoms with Crippen molar-refractivity contribution in [3.05, 3.63) is 28.0 Å². The molecule has 1 aliphatic rings. The van der Waals surface area contributed by atoms with Crippen molar-refractivity contribution in [3.63, 3.8) is 0 Å². The van der Waals surface area contributed by atoms with Gasteiger partial charge in [-0.2, -0.15) is 0 Å². The van der Waals surface area contributed by atoms with E-state index in [2.05, 4.69) is 10.6 Å². The Bertz CT molecular complexity index is 424. The standard InChI is InChI=1S/C11H11Cl2FN2O/c12-7-4-6(5-8(13)10(7)14)16-11(17)9-2-1-3-15-9/h4-5,9,15H,1-3H2,(H,16,17). The predicted molar refractivity (Wildman–Crippen MR) is 66.1 cm³/mol. The van der Waals surface area contributed by atoms with Crippen LogP contribution in [0.4, 0.5) is 10.1 Å². The fourth-order valence-electron chi connectivity index (χ4n) is 1.77. The lowest BCUT2D eigenvalue weighted by Gasteiger charge is -2.11. The second-order valence-electron chi connectivity index (χ2n) is 3.89. The van der Waals surface area contributed by atoms with Crippen LogP contribution in [0.3, 0.4) is 0 Å². The number of carbonyl (C=O) groups excluding carboxylic acids is 1. The van der Waals surface area contributed by atoms with Gasteiger partial charge in [-0.05, 0) is 31.5 Å². The maximum Gasteiger partial charge on any atom is 0.241 e. The number of halogens is 3. The third-order valence-electron chi connectivity index (χ3n) is 2.63. The van der Waals surface area contributed by atoms with E-state index in [9.17, 15) is 9.18 Å². The van der Waals surface area contributed by atoms with Gasteiger partial charge in [-0.15, -0.1) is 0 Å². The van der Waals surface area contributed by atoms with Gasteiger partial charge in [0.25, 0.3) is 0 Å². The smallest absolute Gasteiger partial charge is 0.241 e. The van der Waals surface area contributed by atoms with Gasteiger partial charge in [-0.1, -0.05) is 23.2 Å². The zero-order chi connectivity index (χ0) is 12.4. The highest BCUT2D eigenvalue weighted by Crippen LogP contribution is 2.27. The number of carbonyl (C=O) groups is 1. The lowest BCUT2D eigenvalue weighted by molar-refractivity contribution is -0.117. The molecule has 1 aliphatic heterocycles. The van der Waals surface area contributed by atoms with Crippen LogP contribution >= 0.6 is 23.2 Å². The summed E-state index contributed by atoms with van der Waals surface area (Å²) in [6.07, 6.45) is 1.78. The van der Waals surface area contributed by atoms with Crippen LogP contribution in [0.25, 0.3) is 0 Å². The Kier molecular flexibility index (Phi) is 3.86. The highest BCUT2D eigenvalue weighted by molar-refractivity contribution is 6.35. The van der Waals surface area contributed by atoms with Gasteiger partial charge in [0.2, 0.25) is 5.91 Å². The van der Waals surface area contributed by atoms with Crippen molar-refractivity contribution in [2.75, 3.05) is 11.9 Å². The van der Waals surface area contributed by atoms with Crippen LogP contribution in [-0.2, 0) is 4.79 Å². The Morgan fingerprint density at radius 2 is 2.06 bits per heavy atom. The molecule has 0 spiro atoms. The normalized spacial score (nSPS) is 19.4. The molecule has 0 bridgehead atoms. The second-order valence-corrected chi connectivity index (χ2v) is 4.71. The van der Waals surface area contributed by atoms with Gasteiger partial charge in [0, 0.05) is 5.69 Å². The van der Waals surface area contributed by atoms with Crippen LogP contribution in [0.5, 0.6) is 0 Å². The molecule has 1 fully saturated rings. The zero-order valence-electron chi connectivity index (χ0n) is 8.90. The first-order chi connectivity index (χ1) is 8.08. The molecule has 1 heterocycles. The lowest BCUT2D eigenvalue weighted by Crippen LogP contribution is -2.35. The molecular weight excluding hydrogens is 266 g/mol. The van der Waals surface area contributed by atoms with E-state index >= 15 is 0 Å². The molecule has 3 nitrogen and oxygen atoms in total. The van der Waals surface area contributed by atoms with Crippen LogP contribution < -0.4 is 10.6 Å². The molecule has 1 saturated heterocycles. The minimum absolute atomic E-state index is 0.104. The summed E-state index contributed by atoms with van der Waals surface area (Å²) in [5.74, 6) is -0.827. The molecule has 2 rings (SSSR count). The number of nitrogens with one attached hydrogen (secondary N) is 2. The van der Waals surface area contributed by atoms with Crippen LogP contribution in [0.2, 0.25) is 10.0 Å². The summed E-state index contributed by atoms with van der Waals surface area (Å²) in [4.78, 5) is 11.8. The van der Waals surface area contributed by atoms with Crippen LogP contribution in [0, 0.1) is 5.82 Å². The first kappa shape index (κ1) is 12.6. The molecule has 1 atom stereocenters. The number of hydrogen-bond donors (Lipinski definition) is 2. The van der Waals surface area contributed by atoms with Gasteiger partial charge in [0.1, 0.15) is 0 Å². The van der Waals surface area contributed by atoms with Gasteiger partial charge in [0.15, 0.2) is 5.82 Å². The van der Waals surface area contributed by atoms with Crippen molar-refractivity contribution in [1.82, 2.24) is 5.32 Å².